The maximum absolute atomic E-state index is 12.9. The van der Waals surface area contributed by atoms with Crippen LogP contribution in [0.25, 0.3) is 0 Å². The minimum atomic E-state index is -1.85. The minimum absolute atomic E-state index is 0.0896. The number of carbonyl (C=O) groups excluding carboxylic acids is 6. The summed E-state index contributed by atoms with van der Waals surface area (Å²) in [4.78, 5) is 82.4. The predicted molar refractivity (Wildman–Crippen MR) is 139 cm³/mol. The molecule has 0 aliphatic carbocycles. The van der Waals surface area contributed by atoms with Crippen LogP contribution in [0.2, 0.25) is 0 Å². The Morgan fingerprint density at radius 3 is 1.36 bits per heavy atom. The van der Waals surface area contributed by atoms with Crippen LogP contribution in [0.4, 0.5) is 0 Å². The van der Waals surface area contributed by atoms with E-state index in [0.29, 0.717) is 0 Å². The molecule has 1 unspecified atom stereocenters. The molecule has 0 heterocycles. The molecule has 0 aromatic heterocycles. The standard InChI is InChI=1S/C29H24O13/c1-17(30)37-23-13-7-4-10-20(23)27(33)36-16-26(40-28(34)21-11-5-8-14-24(21)38-18(2)31)41-42-29(35)22-12-6-9-15-25(22)39-19(3)32/h4-15,26H,16H2,1-3H3. The third kappa shape index (κ3) is 8.99. The summed E-state index contributed by atoms with van der Waals surface area (Å²) in [6.07, 6.45) is -1.85. The molecule has 0 radical (unpaired) electrons. The zero-order chi connectivity index (χ0) is 30.6. The Hall–Kier alpha value is -5.56. The first-order chi connectivity index (χ1) is 20.0. The Labute approximate surface area is 238 Å². The largest absolute Gasteiger partial charge is 0.455 e. The number of esters is 5. The summed E-state index contributed by atoms with van der Waals surface area (Å²) >= 11 is 0. The molecule has 0 N–H and O–H groups in total. The van der Waals surface area contributed by atoms with Crippen LogP contribution in [0, 0.1) is 0 Å². The Morgan fingerprint density at radius 2 is 0.929 bits per heavy atom. The highest BCUT2D eigenvalue weighted by Gasteiger charge is 2.26. The van der Waals surface area contributed by atoms with Gasteiger partial charge in [-0.3, -0.25) is 19.3 Å². The van der Waals surface area contributed by atoms with Gasteiger partial charge in [0, 0.05) is 20.8 Å². The molecule has 3 rings (SSSR count). The smallest absolute Gasteiger partial charge is 0.377 e. The number of hydrogen-bond donors (Lipinski definition) is 0. The molecule has 0 aliphatic rings. The van der Waals surface area contributed by atoms with Gasteiger partial charge in [-0.2, -0.15) is 0 Å². The van der Waals surface area contributed by atoms with Crippen LogP contribution in [0.1, 0.15) is 51.8 Å². The number of benzene rings is 3. The maximum Gasteiger partial charge on any atom is 0.377 e. The zero-order valence-electron chi connectivity index (χ0n) is 22.5. The Balaban J connectivity index is 1.81. The molecule has 13 heteroatoms. The van der Waals surface area contributed by atoms with E-state index in [1.165, 1.54) is 72.8 Å². The average Bonchev–Trinajstić information content (AvgIpc) is 2.94. The highest BCUT2D eigenvalue weighted by Crippen LogP contribution is 2.23. The third-order valence-electron chi connectivity index (χ3n) is 4.90. The first-order valence-corrected chi connectivity index (χ1v) is 12.1. The van der Waals surface area contributed by atoms with Crippen molar-refractivity contribution in [2.24, 2.45) is 0 Å². The van der Waals surface area contributed by atoms with E-state index in [0.717, 1.165) is 20.8 Å². The molecule has 3 aromatic carbocycles. The highest BCUT2D eigenvalue weighted by atomic mass is 17.2. The lowest BCUT2D eigenvalue weighted by Crippen LogP contribution is -2.29. The molecule has 0 bridgehead atoms. The second-order valence-corrected chi connectivity index (χ2v) is 8.17. The summed E-state index contributed by atoms with van der Waals surface area (Å²) in [5.41, 5.74) is -0.532. The molecule has 0 saturated heterocycles. The van der Waals surface area contributed by atoms with Gasteiger partial charge < -0.3 is 23.7 Å². The molecule has 42 heavy (non-hydrogen) atoms. The molecule has 1 atom stereocenters. The van der Waals surface area contributed by atoms with Crippen molar-refractivity contribution in [3.05, 3.63) is 89.5 Å². The van der Waals surface area contributed by atoms with E-state index in [1.54, 1.807) is 0 Å². The topological polar surface area (TPSA) is 167 Å². The molecule has 0 saturated carbocycles. The SMILES string of the molecule is CC(=O)Oc1ccccc1C(=O)OCC(OOC(=O)c1ccccc1OC(C)=O)OC(=O)c1ccccc1OC(C)=O. The third-order valence-corrected chi connectivity index (χ3v) is 4.90. The molecule has 3 aromatic rings. The van der Waals surface area contributed by atoms with E-state index in [-0.39, 0.29) is 33.9 Å². The first kappa shape index (κ1) is 31.0. The Kier molecular flexibility index (Phi) is 10.9. The van der Waals surface area contributed by atoms with Gasteiger partial charge in [0.2, 0.25) is 0 Å². The van der Waals surface area contributed by atoms with Gasteiger partial charge >= 0.3 is 35.8 Å². The van der Waals surface area contributed by atoms with E-state index in [2.05, 4.69) is 0 Å². The number of rotatable bonds is 11. The van der Waals surface area contributed by atoms with Crippen molar-refractivity contribution in [3.63, 3.8) is 0 Å². The minimum Gasteiger partial charge on any atom is -0.455 e. The van der Waals surface area contributed by atoms with Crippen molar-refractivity contribution < 1.29 is 62.2 Å². The fraction of sp³-hybridized carbons (Fsp3) is 0.172. The van der Waals surface area contributed by atoms with Crippen LogP contribution in [0.15, 0.2) is 72.8 Å². The molecular formula is C29H24O13. The fourth-order valence-electron chi connectivity index (χ4n) is 3.27. The molecule has 0 aliphatic heterocycles. The lowest BCUT2D eigenvalue weighted by Gasteiger charge is -2.18. The molecule has 0 fully saturated rings. The van der Waals surface area contributed by atoms with Gasteiger partial charge in [-0.15, -0.1) is 4.89 Å². The zero-order valence-corrected chi connectivity index (χ0v) is 22.5. The van der Waals surface area contributed by atoms with Crippen molar-refractivity contribution in [1.29, 1.82) is 0 Å². The molecular weight excluding hydrogens is 556 g/mol. The summed E-state index contributed by atoms with van der Waals surface area (Å²) in [7, 11) is 0. The van der Waals surface area contributed by atoms with Crippen LogP contribution < -0.4 is 14.2 Å². The molecule has 13 nitrogen and oxygen atoms in total. The molecule has 0 amide bonds. The quantitative estimate of drug-likeness (QED) is 0.106. The second kappa shape index (κ2) is 14.7. The van der Waals surface area contributed by atoms with Crippen LogP contribution >= 0.6 is 0 Å². The number of hydrogen-bond acceptors (Lipinski definition) is 13. The maximum atomic E-state index is 12.9. The van der Waals surface area contributed by atoms with Crippen molar-refractivity contribution in [3.8, 4) is 17.2 Å². The molecule has 0 spiro atoms. The normalized spacial score (nSPS) is 10.9. The van der Waals surface area contributed by atoms with Crippen LogP contribution in [0.3, 0.4) is 0 Å². The van der Waals surface area contributed by atoms with Crippen LogP contribution in [-0.2, 0) is 33.6 Å². The lowest BCUT2D eigenvalue weighted by atomic mass is 10.2. The number of para-hydroxylation sites is 3. The summed E-state index contributed by atoms with van der Waals surface area (Å²) in [5.74, 6) is -5.66. The van der Waals surface area contributed by atoms with Crippen LogP contribution in [0.5, 0.6) is 17.2 Å². The first-order valence-electron chi connectivity index (χ1n) is 12.1. The van der Waals surface area contributed by atoms with Crippen molar-refractivity contribution >= 4 is 35.8 Å². The van der Waals surface area contributed by atoms with Gasteiger partial charge in [-0.25, -0.2) is 14.4 Å². The summed E-state index contributed by atoms with van der Waals surface area (Å²) in [5, 5.41) is 0. The monoisotopic (exact) mass is 580 g/mol. The summed E-state index contributed by atoms with van der Waals surface area (Å²) in [6, 6.07) is 16.9. The molecule has 218 valence electrons. The van der Waals surface area contributed by atoms with Gasteiger partial charge in [0.05, 0.1) is 0 Å². The van der Waals surface area contributed by atoms with Gasteiger partial charge in [-0.05, 0) is 36.4 Å². The number of carbonyl (C=O) groups is 6. The summed E-state index contributed by atoms with van der Waals surface area (Å²) < 4.78 is 25.4. The van der Waals surface area contributed by atoms with Crippen molar-refractivity contribution in [2.75, 3.05) is 6.61 Å². The van der Waals surface area contributed by atoms with Crippen LogP contribution in [-0.4, -0.2) is 48.7 Å². The number of ether oxygens (including phenoxy) is 5. The van der Waals surface area contributed by atoms with Crippen molar-refractivity contribution in [1.82, 2.24) is 0 Å². The second-order valence-electron chi connectivity index (χ2n) is 8.17. The average molecular weight is 580 g/mol. The van der Waals surface area contributed by atoms with Gasteiger partial charge in [-0.1, -0.05) is 36.4 Å². The van der Waals surface area contributed by atoms with E-state index in [9.17, 15) is 28.8 Å². The van der Waals surface area contributed by atoms with E-state index in [4.69, 9.17) is 33.5 Å². The Bertz CT molecular complexity index is 1420. The lowest BCUT2D eigenvalue weighted by molar-refractivity contribution is -0.331. The van der Waals surface area contributed by atoms with Crippen molar-refractivity contribution in [2.45, 2.75) is 27.1 Å². The van der Waals surface area contributed by atoms with Gasteiger partial charge in [0.25, 0.3) is 6.29 Å². The van der Waals surface area contributed by atoms with E-state index < -0.39 is 48.7 Å². The predicted octanol–water partition coefficient (Wildman–Crippen LogP) is 3.59. The van der Waals surface area contributed by atoms with E-state index in [1.807, 2.05) is 0 Å². The van der Waals surface area contributed by atoms with Gasteiger partial charge in [0.15, 0.2) is 6.61 Å². The summed E-state index contributed by atoms with van der Waals surface area (Å²) in [6.45, 7) is 2.60. The fourth-order valence-corrected chi connectivity index (χ4v) is 3.27. The van der Waals surface area contributed by atoms with Gasteiger partial charge in [0.1, 0.15) is 33.9 Å². The highest BCUT2D eigenvalue weighted by molar-refractivity contribution is 5.95. The van der Waals surface area contributed by atoms with E-state index >= 15 is 0 Å². The Morgan fingerprint density at radius 1 is 0.548 bits per heavy atom.